The maximum Gasteiger partial charge on any atom is 0.255 e. The molecule has 4 aromatic rings. The number of anilines is 3. The summed E-state index contributed by atoms with van der Waals surface area (Å²) in [6, 6.07) is 22.2. The van der Waals surface area contributed by atoms with Crippen LogP contribution in [0.4, 0.5) is 17.3 Å². The number of benzene rings is 2. The monoisotopic (exact) mass is 397 g/mol. The molecule has 0 atom stereocenters. The number of hydrogen-bond acceptors (Lipinski definition) is 5. The Morgan fingerprint density at radius 1 is 0.833 bits per heavy atom. The fourth-order valence-electron chi connectivity index (χ4n) is 2.69. The standard InChI is InChI=1S/C22H17N5O.C2H6/c28-21(25-18-8-2-1-3-9-18)16-6-4-10-19(14-16)26-22-24-13-11-20(27-22)17-7-5-12-23-15-17;1-2/h1-15H,(H,25,28)(H,24,26,27);1-2H3. The average Bonchev–Trinajstić information content (AvgIpc) is 2.82. The molecular weight excluding hydrogens is 374 g/mol. The van der Waals surface area contributed by atoms with Gasteiger partial charge in [0.15, 0.2) is 0 Å². The first-order chi connectivity index (χ1) is 14.8. The molecule has 0 bridgehead atoms. The molecule has 0 saturated heterocycles. The van der Waals surface area contributed by atoms with Gasteiger partial charge in [0.1, 0.15) is 0 Å². The van der Waals surface area contributed by atoms with Crippen molar-refractivity contribution in [3.8, 4) is 11.3 Å². The van der Waals surface area contributed by atoms with Crippen molar-refractivity contribution in [1.29, 1.82) is 0 Å². The van der Waals surface area contributed by atoms with E-state index in [1.54, 1.807) is 30.7 Å². The average molecular weight is 397 g/mol. The van der Waals surface area contributed by atoms with E-state index in [1.807, 2.05) is 74.5 Å². The van der Waals surface area contributed by atoms with Gasteiger partial charge in [-0.2, -0.15) is 0 Å². The van der Waals surface area contributed by atoms with Crippen LogP contribution >= 0.6 is 0 Å². The molecule has 0 radical (unpaired) electrons. The van der Waals surface area contributed by atoms with E-state index in [0.29, 0.717) is 11.5 Å². The number of para-hydroxylation sites is 1. The summed E-state index contributed by atoms with van der Waals surface area (Å²) >= 11 is 0. The van der Waals surface area contributed by atoms with Crippen LogP contribution in [-0.4, -0.2) is 20.9 Å². The van der Waals surface area contributed by atoms with Crippen molar-refractivity contribution in [2.45, 2.75) is 13.8 Å². The molecule has 0 aliphatic carbocycles. The Labute approximate surface area is 176 Å². The highest BCUT2D eigenvalue weighted by Crippen LogP contribution is 2.19. The van der Waals surface area contributed by atoms with Gasteiger partial charge in [0.25, 0.3) is 5.91 Å². The maximum atomic E-state index is 12.5. The molecule has 0 unspecified atom stereocenters. The number of hydrogen-bond donors (Lipinski definition) is 2. The van der Waals surface area contributed by atoms with Gasteiger partial charge in [0.05, 0.1) is 5.69 Å². The second-order valence-electron chi connectivity index (χ2n) is 6.03. The van der Waals surface area contributed by atoms with E-state index in [-0.39, 0.29) is 5.91 Å². The second-order valence-corrected chi connectivity index (χ2v) is 6.03. The Kier molecular flexibility index (Phi) is 7.22. The third-order valence-electron chi connectivity index (χ3n) is 4.03. The predicted molar refractivity (Wildman–Crippen MR) is 121 cm³/mol. The molecule has 1 amide bonds. The molecule has 2 aromatic carbocycles. The van der Waals surface area contributed by atoms with Crippen LogP contribution in [0.3, 0.4) is 0 Å². The van der Waals surface area contributed by atoms with Crippen molar-refractivity contribution in [3.05, 3.63) is 97.0 Å². The quantitative estimate of drug-likeness (QED) is 0.461. The number of nitrogens with zero attached hydrogens (tertiary/aromatic N) is 3. The van der Waals surface area contributed by atoms with Gasteiger partial charge in [-0.15, -0.1) is 0 Å². The lowest BCUT2D eigenvalue weighted by atomic mass is 10.2. The van der Waals surface area contributed by atoms with Crippen molar-refractivity contribution >= 4 is 23.2 Å². The molecule has 6 nitrogen and oxygen atoms in total. The number of pyridine rings is 1. The molecule has 0 spiro atoms. The molecule has 4 rings (SSSR count). The van der Waals surface area contributed by atoms with Gasteiger partial charge in [-0.05, 0) is 48.5 Å². The van der Waals surface area contributed by atoms with E-state index in [1.165, 1.54) is 0 Å². The van der Waals surface area contributed by atoms with Crippen molar-refractivity contribution in [1.82, 2.24) is 15.0 Å². The Bertz CT molecular complexity index is 1080. The Balaban J connectivity index is 0.00000124. The summed E-state index contributed by atoms with van der Waals surface area (Å²) in [5, 5.41) is 6.03. The lowest BCUT2D eigenvalue weighted by molar-refractivity contribution is 0.102. The smallest absolute Gasteiger partial charge is 0.255 e. The molecule has 2 N–H and O–H groups in total. The molecule has 6 heteroatoms. The zero-order valence-electron chi connectivity index (χ0n) is 16.9. The highest BCUT2D eigenvalue weighted by atomic mass is 16.1. The van der Waals surface area contributed by atoms with E-state index < -0.39 is 0 Å². The minimum absolute atomic E-state index is 0.181. The minimum atomic E-state index is -0.181. The number of carbonyl (C=O) groups is 1. The van der Waals surface area contributed by atoms with E-state index in [2.05, 4.69) is 25.6 Å². The second kappa shape index (κ2) is 10.5. The summed E-state index contributed by atoms with van der Waals surface area (Å²) in [6.07, 6.45) is 5.15. The molecular formula is C24H23N5O. The predicted octanol–water partition coefficient (Wildman–Crippen LogP) is 5.56. The summed E-state index contributed by atoms with van der Waals surface area (Å²) < 4.78 is 0. The third kappa shape index (κ3) is 5.48. The van der Waals surface area contributed by atoms with Gasteiger partial charge in [0, 0.05) is 41.1 Å². The lowest BCUT2D eigenvalue weighted by Gasteiger charge is -2.09. The molecule has 150 valence electrons. The van der Waals surface area contributed by atoms with Gasteiger partial charge in [-0.1, -0.05) is 38.1 Å². The highest BCUT2D eigenvalue weighted by Gasteiger charge is 2.08. The first-order valence-electron chi connectivity index (χ1n) is 9.75. The van der Waals surface area contributed by atoms with Crippen LogP contribution in [0.5, 0.6) is 0 Å². The molecule has 30 heavy (non-hydrogen) atoms. The summed E-state index contributed by atoms with van der Waals surface area (Å²) in [5.74, 6) is 0.266. The highest BCUT2D eigenvalue weighted by molar-refractivity contribution is 6.04. The Hall–Kier alpha value is -4.06. The van der Waals surface area contributed by atoms with Gasteiger partial charge in [0.2, 0.25) is 5.95 Å². The topological polar surface area (TPSA) is 79.8 Å². The lowest BCUT2D eigenvalue weighted by Crippen LogP contribution is -2.12. The molecule has 0 aliphatic rings. The van der Waals surface area contributed by atoms with Crippen LogP contribution < -0.4 is 10.6 Å². The molecule has 2 aromatic heterocycles. The number of rotatable bonds is 5. The van der Waals surface area contributed by atoms with Crippen LogP contribution in [0.15, 0.2) is 91.4 Å². The van der Waals surface area contributed by atoms with Crippen LogP contribution in [0.1, 0.15) is 24.2 Å². The van der Waals surface area contributed by atoms with Crippen molar-refractivity contribution in [2.75, 3.05) is 10.6 Å². The van der Waals surface area contributed by atoms with Crippen molar-refractivity contribution < 1.29 is 4.79 Å². The fourth-order valence-corrected chi connectivity index (χ4v) is 2.69. The number of carbonyl (C=O) groups excluding carboxylic acids is 1. The van der Waals surface area contributed by atoms with Crippen molar-refractivity contribution in [3.63, 3.8) is 0 Å². The number of amides is 1. The van der Waals surface area contributed by atoms with Crippen LogP contribution in [0.25, 0.3) is 11.3 Å². The number of aromatic nitrogens is 3. The molecule has 0 aliphatic heterocycles. The van der Waals surface area contributed by atoms with Gasteiger partial charge in [-0.3, -0.25) is 9.78 Å². The number of nitrogens with one attached hydrogen (secondary N) is 2. The normalized spacial score (nSPS) is 9.80. The molecule has 0 fully saturated rings. The Morgan fingerprint density at radius 3 is 2.40 bits per heavy atom. The summed E-state index contributed by atoms with van der Waals surface area (Å²) in [4.78, 5) is 25.4. The maximum absolute atomic E-state index is 12.5. The van der Waals surface area contributed by atoms with Gasteiger partial charge < -0.3 is 10.6 Å². The first-order valence-corrected chi connectivity index (χ1v) is 9.75. The zero-order chi connectivity index (χ0) is 21.2. The van der Waals surface area contributed by atoms with Crippen molar-refractivity contribution in [2.24, 2.45) is 0 Å². The van der Waals surface area contributed by atoms with Gasteiger partial charge >= 0.3 is 0 Å². The zero-order valence-corrected chi connectivity index (χ0v) is 16.9. The fraction of sp³-hybridized carbons (Fsp3) is 0.0833. The van der Waals surface area contributed by atoms with E-state index in [9.17, 15) is 4.79 Å². The van der Waals surface area contributed by atoms with Crippen LogP contribution in [0.2, 0.25) is 0 Å². The molecule has 2 heterocycles. The van der Waals surface area contributed by atoms with Gasteiger partial charge in [-0.25, -0.2) is 9.97 Å². The summed E-state index contributed by atoms with van der Waals surface area (Å²) in [7, 11) is 0. The largest absolute Gasteiger partial charge is 0.324 e. The first kappa shape index (κ1) is 20.7. The van der Waals surface area contributed by atoms with Crippen LogP contribution in [0, 0.1) is 0 Å². The summed E-state index contributed by atoms with van der Waals surface area (Å²) in [6.45, 7) is 4.00. The van der Waals surface area contributed by atoms with E-state index in [0.717, 1.165) is 22.6 Å². The summed E-state index contributed by atoms with van der Waals surface area (Å²) in [5.41, 5.74) is 3.69. The van der Waals surface area contributed by atoms with E-state index in [4.69, 9.17) is 0 Å². The van der Waals surface area contributed by atoms with E-state index >= 15 is 0 Å². The minimum Gasteiger partial charge on any atom is -0.324 e. The van der Waals surface area contributed by atoms with Crippen LogP contribution in [-0.2, 0) is 0 Å². The SMILES string of the molecule is CC.O=C(Nc1ccccc1)c1cccc(Nc2nccc(-c3cccnc3)n2)c1. The Morgan fingerprint density at radius 2 is 1.63 bits per heavy atom. The third-order valence-corrected chi connectivity index (χ3v) is 4.03. The molecule has 0 saturated carbocycles.